The van der Waals surface area contributed by atoms with Crippen LogP contribution in [0.3, 0.4) is 0 Å². The number of hydrogen-bond acceptors (Lipinski definition) is 9. The summed E-state index contributed by atoms with van der Waals surface area (Å²) in [6.07, 6.45) is 4.09. The molecule has 0 aromatic heterocycles. The molecular weight excluding hydrogens is 657 g/mol. The summed E-state index contributed by atoms with van der Waals surface area (Å²) < 4.78 is 18.0. The molecule has 3 atom stereocenters. The number of nitrogens with zero attached hydrogens (tertiary/aromatic N) is 2. The number of methoxy groups -OCH3 is 1. The summed E-state index contributed by atoms with van der Waals surface area (Å²) in [5.41, 5.74) is 1.00. The third-order valence-corrected chi connectivity index (χ3v) is 8.27. The first-order valence-electron chi connectivity index (χ1n) is 14.4. The van der Waals surface area contributed by atoms with E-state index < -0.39 is 24.2 Å². The van der Waals surface area contributed by atoms with Crippen LogP contribution in [0.5, 0.6) is 11.5 Å². The van der Waals surface area contributed by atoms with Gasteiger partial charge in [-0.1, -0.05) is 6.08 Å². The van der Waals surface area contributed by atoms with Crippen molar-refractivity contribution in [1.82, 2.24) is 15.1 Å². The first-order chi connectivity index (χ1) is 20.3. The van der Waals surface area contributed by atoms with E-state index in [-0.39, 0.29) is 32.1 Å². The highest BCUT2D eigenvalue weighted by atomic mass is 127. The summed E-state index contributed by atoms with van der Waals surface area (Å²) in [6.45, 7) is 7.21. The molecular formula is C30H44IN3O8. The lowest BCUT2D eigenvalue weighted by Crippen LogP contribution is -2.56. The number of halogens is 1. The third kappa shape index (κ3) is 9.64. The van der Waals surface area contributed by atoms with Crippen molar-refractivity contribution >= 4 is 34.4 Å². The van der Waals surface area contributed by atoms with E-state index in [9.17, 15) is 24.9 Å². The maximum absolute atomic E-state index is 13.7. The number of aliphatic hydroxyl groups excluding tert-OH is 3. The summed E-state index contributed by atoms with van der Waals surface area (Å²) in [5.74, 6) is 0.259. The molecule has 0 bridgehead atoms. The Morgan fingerprint density at radius 2 is 2.02 bits per heavy atom. The van der Waals surface area contributed by atoms with Crippen molar-refractivity contribution in [2.24, 2.45) is 0 Å². The normalized spacial score (nSPS) is 20.9. The number of benzene rings is 1. The minimum atomic E-state index is -1.14. The number of unbranched alkanes of at least 4 members (excludes halogenated alkanes) is 2. The van der Waals surface area contributed by atoms with Crippen LogP contribution < -0.4 is 14.8 Å². The van der Waals surface area contributed by atoms with Gasteiger partial charge in [0.25, 0.3) is 0 Å². The summed E-state index contributed by atoms with van der Waals surface area (Å²) in [4.78, 5) is 30.7. The predicted octanol–water partition coefficient (Wildman–Crippen LogP) is 1.61. The smallest absolute Gasteiger partial charge is 0.247 e. The van der Waals surface area contributed by atoms with Crippen LogP contribution in [0.1, 0.15) is 37.7 Å². The van der Waals surface area contributed by atoms with E-state index in [2.05, 4.69) is 39.4 Å². The molecule has 1 aromatic carbocycles. The Labute approximate surface area is 261 Å². The molecule has 4 N–H and O–H groups in total. The van der Waals surface area contributed by atoms with Crippen molar-refractivity contribution in [1.29, 1.82) is 0 Å². The number of nitrogens with one attached hydrogen (secondary N) is 1. The lowest BCUT2D eigenvalue weighted by molar-refractivity contribution is -0.139. The zero-order valence-corrected chi connectivity index (χ0v) is 26.5. The van der Waals surface area contributed by atoms with Crippen LogP contribution in [0.25, 0.3) is 0 Å². The average Bonchev–Trinajstić information content (AvgIpc) is 3.00. The fourth-order valence-corrected chi connectivity index (χ4v) is 5.95. The van der Waals surface area contributed by atoms with Crippen LogP contribution in [0.15, 0.2) is 36.4 Å². The van der Waals surface area contributed by atoms with Gasteiger partial charge in [0.2, 0.25) is 11.8 Å². The largest absolute Gasteiger partial charge is 0.493 e. The number of carbonyl (C=O) groups excluding carboxylic acids is 2. The van der Waals surface area contributed by atoms with Gasteiger partial charge in [-0.15, -0.1) is 6.58 Å². The fraction of sp³-hybridized carbons (Fsp3) is 0.600. The van der Waals surface area contributed by atoms with Gasteiger partial charge >= 0.3 is 0 Å². The van der Waals surface area contributed by atoms with Crippen molar-refractivity contribution < 1.29 is 39.1 Å². The van der Waals surface area contributed by atoms with E-state index >= 15 is 0 Å². The second kappa shape index (κ2) is 17.8. The number of allylic oxidation sites excluding steroid dienone is 1. The first kappa shape index (κ1) is 34.3. The number of morpholine rings is 1. The number of ether oxygens (including phenoxy) is 3. The van der Waals surface area contributed by atoms with Gasteiger partial charge in [0, 0.05) is 51.1 Å². The van der Waals surface area contributed by atoms with Crippen LogP contribution in [0.4, 0.5) is 0 Å². The highest BCUT2D eigenvalue weighted by molar-refractivity contribution is 14.1. The molecule has 0 radical (unpaired) electrons. The van der Waals surface area contributed by atoms with Crippen molar-refractivity contribution in [3.05, 3.63) is 45.6 Å². The highest BCUT2D eigenvalue weighted by Gasteiger charge is 2.41. The molecule has 0 unspecified atom stereocenters. The molecule has 234 valence electrons. The summed E-state index contributed by atoms with van der Waals surface area (Å²) in [5, 5.41) is 33.3. The van der Waals surface area contributed by atoms with Gasteiger partial charge in [0.15, 0.2) is 11.5 Å². The topological polar surface area (TPSA) is 141 Å². The number of hydrogen-bond donors (Lipinski definition) is 4. The van der Waals surface area contributed by atoms with Crippen molar-refractivity contribution in [3.8, 4) is 11.5 Å². The fourth-order valence-electron chi connectivity index (χ4n) is 5.15. The van der Waals surface area contributed by atoms with Gasteiger partial charge in [0.1, 0.15) is 12.2 Å². The van der Waals surface area contributed by atoms with E-state index in [1.807, 2.05) is 6.08 Å². The molecule has 42 heavy (non-hydrogen) atoms. The quantitative estimate of drug-likeness (QED) is 0.115. The number of aliphatic hydroxyl groups is 3. The van der Waals surface area contributed by atoms with Gasteiger partial charge in [-0.05, 0) is 65.6 Å². The van der Waals surface area contributed by atoms with Crippen LogP contribution in [-0.2, 0) is 20.9 Å². The molecule has 2 amide bonds. The van der Waals surface area contributed by atoms with E-state index in [0.29, 0.717) is 65.4 Å². The number of rotatable bonds is 16. The minimum absolute atomic E-state index is 0.0756. The Bertz CT molecular complexity index is 1080. The number of carbonyl (C=O) groups is 2. The van der Waals surface area contributed by atoms with Gasteiger partial charge in [0.05, 0.1) is 43.1 Å². The van der Waals surface area contributed by atoms with Gasteiger partial charge in [-0.25, -0.2) is 0 Å². The molecule has 0 spiro atoms. The Morgan fingerprint density at radius 1 is 1.26 bits per heavy atom. The molecule has 11 nitrogen and oxygen atoms in total. The van der Waals surface area contributed by atoms with Gasteiger partial charge in [-0.2, -0.15) is 0 Å². The molecule has 1 heterocycles. The van der Waals surface area contributed by atoms with E-state index in [0.717, 1.165) is 25.9 Å². The van der Waals surface area contributed by atoms with Crippen LogP contribution >= 0.6 is 22.6 Å². The van der Waals surface area contributed by atoms with Crippen molar-refractivity contribution in [2.45, 2.75) is 57.0 Å². The second-order valence-electron chi connectivity index (χ2n) is 10.4. The molecule has 1 aromatic rings. The van der Waals surface area contributed by atoms with Crippen molar-refractivity contribution in [3.63, 3.8) is 0 Å². The zero-order valence-electron chi connectivity index (χ0n) is 24.3. The van der Waals surface area contributed by atoms with Gasteiger partial charge < -0.3 is 39.7 Å². The molecule has 1 aliphatic heterocycles. The molecule has 0 saturated carbocycles. The second-order valence-corrected chi connectivity index (χ2v) is 11.5. The Hall–Kier alpha value is -2.23. The van der Waals surface area contributed by atoms with Gasteiger partial charge in [-0.3, -0.25) is 14.5 Å². The lowest BCUT2D eigenvalue weighted by atomic mass is 9.87. The Kier molecular flexibility index (Phi) is 14.5. The lowest BCUT2D eigenvalue weighted by Gasteiger charge is -2.41. The molecule has 1 fully saturated rings. The highest BCUT2D eigenvalue weighted by Crippen LogP contribution is 2.37. The van der Waals surface area contributed by atoms with Crippen LogP contribution in [0, 0.1) is 3.57 Å². The van der Waals surface area contributed by atoms with E-state index in [4.69, 9.17) is 14.2 Å². The predicted molar refractivity (Wildman–Crippen MR) is 166 cm³/mol. The zero-order chi connectivity index (χ0) is 30.5. The van der Waals surface area contributed by atoms with E-state index in [1.54, 1.807) is 23.1 Å². The molecule has 3 rings (SSSR count). The number of amides is 2. The molecule has 2 aliphatic rings. The van der Waals surface area contributed by atoms with Crippen LogP contribution in [0.2, 0.25) is 0 Å². The summed E-state index contributed by atoms with van der Waals surface area (Å²) in [6, 6.07) is 2.69. The maximum Gasteiger partial charge on any atom is 0.247 e. The first-order valence-corrected chi connectivity index (χ1v) is 15.5. The summed E-state index contributed by atoms with van der Waals surface area (Å²) >= 11 is 2.07. The summed E-state index contributed by atoms with van der Waals surface area (Å²) in [7, 11) is 1.49. The SMILES string of the molecule is C=CCCCCC(=O)N(CCN1CCOCC1)[C@@H]1CC(C(=O)NCCO)=C[C@H](Oc2c(I)cc(CO)cc2OC)[C@H]1O. The standard InChI is InChI=1S/C30H44IN3O8/c1-3-4-5-6-7-27(37)34(10-9-33-11-14-41-15-12-33)24-18-22(30(39)32-8-13-35)19-25(28(24)38)42-29-23(31)16-21(20-36)17-26(29)40-2/h3,16-17,19,24-25,28,35-36,38H,1,4-15,18,20H2,2H3,(H,32,39)/t24-,25+,28+/m1/s1. The average molecular weight is 702 g/mol. The van der Waals surface area contributed by atoms with Crippen molar-refractivity contribution in [2.75, 3.05) is 59.7 Å². The molecule has 12 heteroatoms. The maximum atomic E-state index is 13.7. The molecule has 1 aliphatic carbocycles. The minimum Gasteiger partial charge on any atom is -0.493 e. The Balaban J connectivity index is 1.93. The Morgan fingerprint density at radius 3 is 2.69 bits per heavy atom. The third-order valence-electron chi connectivity index (χ3n) is 7.47. The monoisotopic (exact) mass is 701 g/mol. The van der Waals surface area contributed by atoms with Crippen LogP contribution in [-0.4, -0.2) is 115 Å². The molecule has 1 saturated heterocycles. The van der Waals surface area contributed by atoms with E-state index in [1.165, 1.54) is 7.11 Å².